The zero-order valence-corrected chi connectivity index (χ0v) is 19.5. The Hall–Kier alpha value is -5.05. The highest BCUT2D eigenvalue weighted by atomic mass is 16.5. The van der Waals surface area contributed by atoms with E-state index in [1.807, 2.05) is 0 Å². The molecule has 0 fully saturated rings. The van der Waals surface area contributed by atoms with Crippen molar-refractivity contribution in [1.82, 2.24) is 10.3 Å². The van der Waals surface area contributed by atoms with E-state index in [-0.39, 0.29) is 23.9 Å². The first-order valence-corrected chi connectivity index (χ1v) is 11.6. The molecule has 0 radical (unpaired) electrons. The third kappa shape index (κ3) is 5.01. The Kier molecular flexibility index (Phi) is 6.58. The Morgan fingerprint density at radius 2 is 1.59 bits per heavy atom. The van der Waals surface area contributed by atoms with E-state index in [2.05, 4.69) is 10.5 Å². The molecule has 9 heteroatoms. The SMILES string of the molecule is O=C(N/N=C/c1ccc(OCCCN2C(=O)c3ccccc3C2=O)cc1)c1cc2ccccc2oc1=O. The number of imide groups is 1. The summed E-state index contributed by atoms with van der Waals surface area (Å²) in [5, 5.41) is 4.54. The minimum absolute atomic E-state index is 0.138. The summed E-state index contributed by atoms with van der Waals surface area (Å²) < 4.78 is 10.9. The highest BCUT2D eigenvalue weighted by molar-refractivity contribution is 6.21. The van der Waals surface area contributed by atoms with E-state index in [1.54, 1.807) is 72.8 Å². The van der Waals surface area contributed by atoms with E-state index in [0.29, 0.717) is 46.4 Å². The van der Waals surface area contributed by atoms with Crippen LogP contribution in [0.5, 0.6) is 5.75 Å². The first-order valence-electron chi connectivity index (χ1n) is 11.6. The standard InChI is InChI=1S/C28H21N3O6/c32-25(23-16-19-6-1-4-9-24(19)37-28(23)35)30-29-17-18-10-12-20(13-11-18)36-15-5-14-31-26(33)21-7-2-3-8-22(21)27(31)34/h1-4,6-13,16-17H,5,14-15H2,(H,30,32)/b29-17+. The van der Waals surface area contributed by atoms with Crippen molar-refractivity contribution in [3.8, 4) is 5.75 Å². The third-order valence-corrected chi connectivity index (χ3v) is 5.82. The molecule has 1 aliphatic heterocycles. The van der Waals surface area contributed by atoms with Crippen LogP contribution in [0.2, 0.25) is 0 Å². The van der Waals surface area contributed by atoms with Gasteiger partial charge in [0.2, 0.25) is 0 Å². The van der Waals surface area contributed by atoms with Crippen LogP contribution in [0.3, 0.4) is 0 Å². The number of nitrogens with zero attached hydrogens (tertiary/aromatic N) is 2. The predicted molar refractivity (Wildman–Crippen MR) is 136 cm³/mol. The summed E-state index contributed by atoms with van der Waals surface area (Å²) in [6.45, 7) is 0.595. The molecular formula is C28H21N3O6. The molecule has 37 heavy (non-hydrogen) atoms. The van der Waals surface area contributed by atoms with Crippen molar-refractivity contribution in [2.45, 2.75) is 6.42 Å². The molecule has 1 N–H and O–H groups in total. The number of fused-ring (bicyclic) bond motifs is 2. The molecule has 4 aromatic rings. The van der Waals surface area contributed by atoms with Gasteiger partial charge >= 0.3 is 5.63 Å². The molecule has 0 saturated carbocycles. The second-order valence-corrected chi connectivity index (χ2v) is 8.26. The molecule has 5 rings (SSSR count). The molecule has 0 unspecified atom stereocenters. The summed E-state index contributed by atoms with van der Waals surface area (Å²) in [7, 11) is 0. The maximum atomic E-state index is 12.4. The fourth-order valence-electron chi connectivity index (χ4n) is 3.95. The van der Waals surface area contributed by atoms with E-state index in [4.69, 9.17) is 9.15 Å². The minimum atomic E-state index is -0.740. The number of hydrazone groups is 1. The quantitative estimate of drug-likeness (QED) is 0.131. The van der Waals surface area contributed by atoms with Crippen LogP contribution in [-0.2, 0) is 0 Å². The average molecular weight is 495 g/mol. The Morgan fingerprint density at radius 3 is 2.32 bits per heavy atom. The van der Waals surface area contributed by atoms with Crippen LogP contribution in [0.15, 0.2) is 93.2 Å². The van der Waals surface area contributed by atoms with E-state index in [1.165, 1.54) is 17.2 Å². The fraction of sp³-hybridized carbons (Fsp3) is 0.107. The molecule has 0 aliphatic carbocycles. The number of benzene rings is 3. The van der Waals surface area contributed by atoms with Gasteiger partial charge in [0.1, 0.15) is 16.9 Å². The lowest BCUT2D eigenvalue weighted by atomic mass is 10.1. The smallest absolute Gasteiger partial charge is 0.349 e. The predicted octanol–water partition coefficient (Wildman–Crippen LogP) is 3.62. The van der Waals surface area contributed by atoms with E-state index in [0.717, 1.165) is 0 Å². The van der Waals surface area contributed by atoms with Crippen molar-refractivity contribution < 1.29 is 23.5 Å². The minimum Gasteiger partial charge on any atom is -0.494 e. The summed E-state index contributed by atoms with van der Waals surface area (Å²) in [4.78, 5) is 50.5. The van der Waals surface area contributed by atoms with Crippen LogP contribution in [0, 0.1) is 0 Å². The van der Waals surface area contributed by atoms with Crippen LogP contribution in [-0.4, -0.2) is 42.0 Å². The summed E-state index contributed by atoms with van der Waals surface area (Å²) in [5.74, 6) is -0.623. The monoisotopic (exact) mass is 495 g/mol. The highest BCUT2D eigenvalue weighted by Gasteiger charge is 2.34. The lowest BCUT2D eigenvalue weighted by molar-refractivity contribution is 0.0646. The number of rotatable bonds is 8. The van der Waals surface area contributed by atoms with Gasteiger partial charge in [0.05, 0.1) is 23.9 Å². The van der Waals surface area contributed by atoms with Gasteiger partial charge in [0.25, 0.3) is 17.7 Å². The van der Waals surface area contributed by atoms with Gasteiger partial charge < -0.3 is 9.15 Å². The molecule has 0 saturated heterocycles. The number of para-hydroxylation sites is 1. The van der Waals surface area contributed by atoms with E-state index in [9.17, 15) is 19.2 Å². The highest BCUT2D eigenvalue weighted by Crippen LogP contribution is 2.22. The molecule has 1 aliphatic rings. The van der Waals surface area contributed by atoms with Gasteiger partial charge in [0, 0.05) is 11.9 Å². The second-order valence-electron chi connectivity index (χ2n) is 8.26. The second kappa shape index (κ2) is 10.3. The van der Waals surface area contributed by atoms with Crippen molar-refractivity contribution >= 4 is 34.9 Å². The molecule has 3 amide bonds. The van der Waals surface area contributed by atoms with Gasteiger partial charge in [0.15, 0.2) is 0 Å². The topological polar surface area (TPSA) is 118 Å². The molecule has 1 aromatic heterocycles. The molecule has 0 bridgehead atoms. The van der Waals surface area contributed by atoms with Gasteiger partial charge in [-0.2, -0.15) is 5.10 Å². The largest absolute Gasteiger partial charge is 0.494 e. The number of amides is 3. The zero-order valence-electron chi connectivity index (χ0n) is 19.5. The fourth-order valence-corrected chi connectivity index (χ4v) is 3.95. The number of carbonyl (C=O) groups is 3. The normalized spacial score (nSPS) is 12.8. The van der Waals surface area contributed by atoms with Crippen molar-refractivity contribution in [3.63, 3.8) is 0 Å². The number of hydrogen-bond donors (Lipinski definition) is 1. The number of ether oxygens (including phenoxy) is 1. The summed E-state index contributed by atoms with van der Waals surface area (Å²) in [6, 6.07) is 22.1. The lowest BCUT2D eigenvalue weighted by Gasteiger charge is -2.14. The van der Waals surface area contributed by atoms with Crippen molar-refractivity contribution in [2.24, 2.45) is 5.10 Å². The molecular weight excluding hydrogens is 474 g/mol. The van der Waals surface area contributed by atoms with Gasteiger partial charge in [-0.1, -0.05) is 30.3 Å². The molecule has 2 heterocycles. The van der Waals surface area contributed by atoms with Gasteiger partial charge in [-0.05, 0) is 60.5 Å². The van der Waals surface area contributed by atoms with Crippen molar-refractivity contribution in [2.75, 3.05) is 13.2 Å². The summed E-state index contributed by atoms with van der Waals surface area (Å²) >= 11 is 0. The molecule has 3 aromatic carbocycles. The maximum Gasteiger partial charge on any atom is 0.349 e. The molecule has 0 atom stereocenters. The Bertz CT molecular complexity index is 1550. The number of carbonyl (C=O) groups excluding carboxylic acids is 3. The van der Waals surface area contributed by atoms with Gasteiger partial charge in [-0.25, -0.2) is 10.2 Å². The van der Waals surface area contributed by atoms with Crippen LogP contribution >= 0.6 is 0 Å². The molecule has 0 spiro atoms. The van der Waals surface area contributed by atoms with Crippen LogP contribution < -0.4 is 15.8 Å². The van der Waals surface area contributed by atoms with Crippen LogP contribution in [0.1, 0.15) is 43.1 Å². The number of hydrogen-bond acceptors (Lipinski definition) is 7. The van der Waals surface area contributed by atoms with Crippen LogP contribution in [0.4, 0.5) is 0 Å². The first kappa shape index (κ1) is 23.7. The molecule has 184 valence electrons. The first-order chi connectivity index (χ1) is 18.0. The third-order valence-electron chi connectivity index (χ3n) is 5.82. The lowest BCUT2D eigenvalue weighted by Crippen LogP contribution is -2.31. The zero-order chi connectivity index (χ0) is 25.8. The van der Waals surface area contributed by atoms with E-state index < -0.39 is 11.5 Å². The van der Waals surface area contributed by atoms with E-state index >= 15 is 0 Å². The van der Waals surface area contributed by atoms with Crippen molar-refractivity contribution in [1.29, 1.82) is 0 Å². The van der Waals surface area contributed by atoms with Crippen LogP contribution in [0.25, 0.3) is 11.0 Å². The summed E-state index contributed by atoms with van der Waals surface area (Å²) in [5.41, 5.74) is 3.42. The Labute approximate surface area is 211 Å². The van der Waals surface area contributed by atoms with Gasteiger partial charge in [-0.15, -0.1) is 0 Å². The maximum absolute atomic E-state index is 12.4. The molecule has 9 nitrogen and oxygen atoms in total. The van der Waals surface area contributed by atoms with Crippen molar-refractivity contribution in [3.05, 3.63) is 112 Å². The summed E-state index contributed by atoms with van der Waals surface area (Å²) in [6.07, 6.45) is 1.93. The Balaban J connectivity index is 1.10. The number of nitrogens with one attached hydrogen (secondary N) is 1. The Morgan fingerprint density at radius 1 is 0.919 bits per heavy atom. The average Bonchev–Trinajstić information content (AvgIpc) is 3.16. The van der Waals surface area contributed by atoms with Gasteiger partial charge in [-0.3, -0.25) is 19.3 Å².